The van der Waals surface area contributed by atoms with E-state index in [0.717, 1.165) is 5.56 Å². The van der Waals surface area contributed by atoms with Crippen LogP contribution in [0.25, 0.3) is 6.08 Å². The van der Waals surface area contributed by atoms with E-state index in [9.17, 15) is 4.79 Å². The minimum absolute atomic E-state index is 0.259. The van der Waals surface area contributed by atoms with Crippen LogP contribution >= 0.6 is 11.6 Å². The number of rotatable bonds is 5. The highest BCUT2D eigenvalue weighted by Gasteiger charge is 2.06. The number of esters is 1. The molecule has 0 spiro atoms. The van der Waals surface area contributed by atoms with Gasteiger partial charge < -0.3 is 4.74 Å². The maximum Gasteiger partial charge on any atom is 0.311 e. The Bertz CT molecular complexity index is 347. The lowest BCUT2D eigenvalue weighted by molar-refractivity contribution is -0.134. The van der Waals surface area contributed by atoms with Crippen molar-refractivity contribution in [1.29, 1.82) is 0 Å². The maximum absolute atomic E-state index is 11.3. The summed E-state index contributed by atoms with van der Waals surface area (Å²) in [4.78, 5) is 11.3. The molecule has 0 aromatic heterocycles. The van der Waals surface area contributed by atoms with Gasteiger partial charge in [0.15, 0.2) is 0 Å². The number of carbonyl (C=O) groups excluding carboxylic acids is 1. The summed E-state index contributed by atoms with van der Waals surface area (Å²) in [5, 5.41) is 0. The van der Waals surface area contributed by atoms with Crippen molar-refractivity contribution in [2.24, 2.45) is 0 Å². The first-order valence-corrected chi connectivity index (χ1v) is 5.29. The minimum atomic E-state index is -0.259. The van der Waals surface area contributed by atoms with Gasteiger partial charge >= 0.3 is 5.97 Å². The van der Waals surface area contributed by atoms with Gasteiger partial charge in [0, 0.05) is 17.9 Å². The van der Waals surface area contributed by atoms with Gasteiger partial charge in [-0.25, -0.2) is 0 Å². The Hall–Kier alpha value is -1.28. The van der Waals surface area contributed by atoms with Crippen molar-refractivity contribution in [2.45, 2.75) is 12.8 Å². The van der Waals surface area contributed by atoms with Crippen LogP contribution in [0.1, 0.15) is 18.4 Å². The molecular formula is C12H13ClO2. The summed E-state index contributed by atoms with van der Waals surface area (Å²) in [5.41, 5.74) is 0.816. The highest BCUT2D eigenvalue weighted by molar-refractivity contribution is 6.17. The highest BCUT2D eigenvalue weighted by Crippen LogP contribution is 2.19. The molecule has 2 nitrogen and oxygen atoms in total. The molecule has 0 N–H and O–H groups in total. The molecule has 0 saturated heterocycles. The number of hydrogen-bond acceptors (Lipinski definition) is 2. The third-order valence-corrected chi connectivity index (χ3v) is 2.14. The summed E-state index contributed by atoms with van der Waals surface area (Å²) in [7, 11) is 0. The molecule has 0 aliphatic rings. The van der Waals surface area contributed by atoms with Crippen molar-refractivity contribution in [3.8, 4) is 5.75 Å². The molecule has 0 bridgehead atoms. The summed E-state index contributed by atoms with van der Waals surface area (Å²) in [6.45, 7) is 3.65. The Morgan fingerprint density at radius 1 is 1.47 bits per heavy atom. The van der Waals surface area contributed by atoms with Crippen LogP contribution < -0.4 is 4.74 Å². The number of hydrogen-bond donors (Lipinski definition) is 0. The van der Waals surface area contributed by atoms with Gasteiger partial charge in [0.25, 0.3) is 0 Å². The van der Waals surface area contributed by atoms with E-state index in [1.807, 2.05) is 18.2 Å². The molecule has 0 fully saturated rings. The molecule has 1 aromatic rings. The average Bonchev–Trinajstić information content (AvgIpc) is 2.27. The Labute approximate surface area is 94.5 Å². The van der Waals surface area contributed by atoms with Crippen LogP contribution in [0.2, 0.25) is 0 Å². The lowest BCUT2D eigenvalue weighted by Crippen LogP contribution is -2.08. The van der Waals surface area contributed by atoms with Crippen molar-refractivity contribution in [1.82, 2.24) is 0 Å². The molecule has 15 heavy (non-hydrogen) atoms. The number of para-hydroxylation sites is 1. The summed E-state index contributed by atoms with van der Waals surface area (Å²) in [5.74, 6) is 0.759. The molecule has 3 heteroatoms. The van der Waals surface area contributed by atoms with Crippen LogP contribution in [0.3, 0.4) is 0 Å². The zero-order valence-electron chi connectivity index (χ0n) is 8.41. The Morgan fingerprint density at radius 2 is 2.20 bits per heavy atom. The van der Waals surface area contributed by atoms with Crippen LogP contribution in [0, 0.1) is 0 Å². The normalized spacial score (nSPS) is 9.67. The molecule has 80 valence electrons. The molecule has 0 aliphatic heterocycles. The molecule has 0 unspecified atom stereocenters. The van der Waals surface area contributed by atoms with Crippen molar-refractivity contribution in [2.75, 3.05) is 5.88 Å². The highest BCUT2D eigenvalue weighted by atomic mass is 35.5. The van der Waals surface area contributed by atoms with Gasteiger partial charge in [-0.1, -0.05) is 30.9 Å². The Balaban J connectivity index is 2.63. The molecule has 0 heterocycles. The predicted octanol–water partition coefficient (Wildman–Crippen LogP) is 3.25. The first-order chi connectivity index (χ1) is 7.27. The van der Waals surface area contributed by atoms with Gasteiger partial charge in [0.05, 0.1) is 0 Å². The van der Waals surface area contributed by atoms with Crippen LogP contribution in [-0.4, -0.2) is 11.8 Å². The Morgan fingerprint density at radius 3 is 2.87 bits per heavy atom. The Kier molecular flexibility index (Phi) is 4.91. The molecule has 0 saturated carbocycles. The van der Waals surface area contributed by atoms with Crippen LogP contribution in [0.4, 0.5) is 0 Å². The van der Waals surface area contributed by atoms with Crippen molar-refractivity contribution in [3.63, 3.8) is 0 Å². The second kappa shape index (κ2) is 6.25. The third-order valence-electron chi connectivity index (χ3n) is 1.88. The summed E-state index contributed by atoms with van der Waals surface area (Å²) < 4.78 is 5.17. The number of carbonyl (C=O) groups is 1. The molecule has 0 aliphatic carbocycles. The summed E-state index contributed by atoms with van der Waals surface area (Å²) >= 11 is 5.48. The first-order valence-electron chi connectivity index (χ1n) is 4.76. The van der Waals surface area contributed by atoms with Crippen LogP contribution in [0.5, 0.6) is 5.75 Å². The number of halogens is 1. The second-order valence-electron chi connectivity index (χ2n) is 3.01. The van der Waals surface area contributed by atoms with Crippen molar-refractivity contribution in [3.05, 3.63) is 36.4 Å². The van der Waals surface area contributed by atoms with Gasteiger partial charge in [-0.2, -0.15) is 0 Å². The largest absolute Gasteiger partial charge is 0.426 e. The predicted molar refractivity (Wildman–Crippen MR) is 62.1 cm³/mol. The van der Waals surface area contributed by atoms with E-state index in [0.29, 0.717) is 24.5 Å². The fourth-order valence-corrected chi connectivity index (χ4v) is 1.26. The molecule has 0 atom stereocenters. The fourth-order valence-electron chi connectivity index (χ4n) is 1.13. The van der Waals surface area contributed by atoms with Crippen molar-refractivity contribution >= 4 is 23.6 Å². The molecule has 0 amide bonds. The zero-order valence-corrected chi connectivity index (χ0v) is 9.17. The maximum atomic E-state index is 11.3. The van der Waals surface area contributed by atoms with E-state index in [2.05, 4.69) is 6.58 Å². The fraction of sp³-hybridized carbons (Fsp3) is 0.250. The number of benzene rings is 1. The van der Waals surface area contributed by atoms with Gasteiger partial charge in [-0.05, 0) is 12.5 Å². The van der Waals surface area contributed by atoms with Gasteiger partial charge in [0.1, 0.15) is 5.75 Å². The summed E-state index contributed by atoms with van der Waals surface area (Å²) in [6.07, 6.45) is 2.63. The van der Waals surface area contributed by atoms with E-state index in [1.54, 1.807) is 12.1 Å². The smallest absolute Gasteiger partial charge is 0.311 e. The average molecular weight is 225 g/mol. The summed E-state index contributed by atoms with van der Waals surface area (Å²) in [6, 6.07) is 7.27. The van der Waals surface area contributed by atoms with Crippen molar-refractivity contribution < 1.29 is 9.53 Å². The van der Waals surface area contributed by atoms with E-state index in [4.69, 9.17) is 16.3 Å². The zero-order chi connectivity index (χ0) is 11.1. The molecular weight excluding hydrogens is 212 g/mol. The number of ether oxygens (including phenoxy) is 1. The molecule has 1 aromatic carbocycles. The minimum Gasteiger partial charge on any atom is -0.426 e. The molecule has 0 radical (unpaired) electrons. The quantitative estimate of drug-likeness (QED) is 0.436. The second-order valence-corrected chi connectivity index (χ2v) is 3.39. The van der Waals surface area contributed by atoms with Gasteiger partial charge in [0.2, 0.25) is 0 Å². The SMILES string of the molecule is C=Cc1ccccc1OC(=O)CCCCl. The monoisotopic (exact) mass is 224 g/mol. The van der Waals surface area contributed by atoms with Crippen LogP contribution in [0.15, 0.2) is 30.8 Å². The number of alkyl halides is 1. The topological polar surface area (TPSA) is 26.3 Å². The first kappa shape index (κ1) is 11.8. The van der Waals surface area contributed by atoms with Gasteiger partial charge in [-0.15, -0.1) is 11.6 Å². The van der Waals surface area contributed by atoms with E-state index < -0.39 is 0 Å². The van der Waals surface area contributed by atoms with Crippen LogP contribution in [-0.2, 0) is 4.79 Å². The van der Waals surface area contributed by atoms with E-state index in [1.165, 1.54) is 0 Å². The lowest BCUT2D eigenvalue weighted by atomic mass is 10.2. The van der Waals surface area contributed by atoms with Gasteiger partial charge in [-0.3, -0.25) is 4.79 Å². The van der Waals surface area contributed by atoms with E-state index >= 15 is 0 Å². The lowest BCUT2D eigenvalue weighted by Gasteiger charge is -2.06. The molecule has 1 rings (SSSR count). The third kappa shape index (κ3) is 3.76. The van der Waals surface area contributed by atoms with E-state index in [-0.39, 0.29) is 5.97 Å². The standard InChI is InChI=1S/C12H13ClO2/c1-2-10-6-3-4-7-11(10)15-12(14)8-5-9-13/h2-4,6-7H,1,5,8-9H2.